The number of nitrogens with zero attached hydrogens (tertiary/aromatic N) is 1. The smallest absolute Gasteiger partial charge is 0.328 e. The van der Waals surface area contributed by atoms with Crippen molar-refractivity contribution in [2.24, 2.45) is 5.92 Å². The van der Waals surface area contributed by atoms with E-state index in [-0.39, 0.29) is 5.92 Å². The fourth-order valence-corrected chi connectivity index (χ4v) is 1.43. The quantitative estimate of drug-likeness (QED) is 0.764. The monoisotopic (exact) mass is 251 g/mol. The molecule has 0 bridgehead atoms. The van der Waals surface area contributed by atoms with Crippen molar-refractivity contribution >= 4 is 17.6 Å². The summed E-state index contributed by atoms with van der Waals surface area (Å²) in [5.41, 5.74) is 6.24. The van der Waals surface area contributed by atoms with Gasteiger partial charge in [0.05, 0.1) is 18.4 Å². The van der Waals surface area contributed by atoms with Crippen molar-refractivity contribution in [3.05, 3.63) is 24.0 Å². The summed E-state index contributed by atoms with van der Waals surface area (Å²) in [6.07, 6.45) is 2.83. The molecule has 3 N–H and O–H groups in total. The number of ether oxygens (including phenoxy) is 1. The summed E-state index contributed by atoms with van der Waals surface area (Å²) < 4.78 is 4.64. The van der Waals surface area contributed by atoms with Gasteiger partial charge < -0.3 is 15.8 Å². The highest BCUT2D eigenvalue weighted by molar-refractivity contribution is 5.97. The predicted octanol–water partition coefficient (Wildman–Crippen LogP) is 0.591. The third-order valence-corrected chi connectivity index (χ3v) is 2.43. The van der Waals surface area contributed by atoms with Crippen molar-refractivity contribution < 1.29 is 14.3 Å². The van der Waals surface area contributed by atoms with Gasteiger partial charge in [0.15, 0.2) is 0 Å². The largest absolute Gasteiger partial charge is 0.467 e. The van der Waals surface area contributed by atoms with Crippen LogP contribution in [0.25, 0.3) is 0 Å². The maximum Gasteiger partial charge on any atom is 0.328 e. The van der Waals surface area contributed by atoms with E-state index in [1.165, 1.54) is 25.6 Å². The number of nitrogen functional groups attached to an aromatic ring is 1. The molecule has 6 heteroatoms. The van der Waals surface area contributed by atoms with Crippen LogP contribution in [0.2, 0.25) is 0 Å². The van der Waals surface area contributed by atoms with Gasteiger partial charge in [-0.25, -0.2) is 4.79 Å². The number of hydrogen-bond donors (Lipinski definition) is 2. The van der Waals surface area contributed by atoms with Crippen molar-refractivity contribution in [1.82, 2.24) is 10.3 Å². The van der Waals surface area contributed by atoms with E-state index in [4.69, 9.17) is 5.73 Å². The maximum atomic E-state index is 11.9. The van der Waals surface area contributed by atoms with E-state index in [2.05, 4.69) is 15.0 Å². The van der Waals surface area contributed by atoms with Gasteiger partial charge in [-0.3, -0.25) is 9.78 Å². The normalized spacial score (nSPS) is 12.0. The molecule has 18 heavy (non-hydrogen) atoms. The number of esters is 1. The number of amides is 1. The van der Waals surface area contributed by atoms with E-state index in [0.29, 0.717) is 11.3 Å². The third-order valence-electron chi connectivity index (χ3n) is 2.43. The summed E-state index contributed by atoms with van der Waals surface area (Å²) >= 11 is 0. The highest BCUT2D eigenvalue weighted by Crippen LogP contribution is 2.08. The van der Waals surface area contributed by atoms with Crippen LogP contribution in [0.3, 0.4) is 0 Å². The van der Waals surface area contributed by atoms with Crippen molar-refractivity contribution in [2.75, 3.05) is 12.8 Å². The zero-order chi connectivity index (χ0) is 13.7. The molecule has 0 radical (unpaired) electrons. The van der Waals surface area contributed by atoms with Gasteiger partial charge in [-0.15, -0.1) is 0 Å². The molecule has 0 aromatic carbocycles. The Morgan fingerprint density at radius 2 is 2.06 bits per heavy atom. The van der Waals surface area contributed by atoms with Crippen molar-refractivity contribution in [3.8, 4) is 0 Å². The number of nitrogens with one attached hydrogen (secondary N) is 1. The molecule has 0 spiro atoms. The fraction of sp³-hybridized carbons (Fsp3) is 0.417. The lowest BCUT2D eigenvalue weighted by molar-refractivity contribution is -0.144. The van der Waals surface area contributed by atoms with Gasteiger partial charge in [-0.2, -0.15) is 0 Å². The van der Waals surface area contributed by atoms with Gasteiger partial charge in [0.1, 0.15) is 6.04 Å². The molecule has 0 saturated heterocycles. The Kier molecular flexibility index (Phi) is 4.65. The van der Waals surface area contributed by atoms with Crippen LogP contribution in [-0.2, 0) is 9.53 Å². The Hall–Kier alpha value is -2.11. The topological polar surface area (TPSA) is 94.3 Å². The van der Waals surface area contributed by atoms with Gasteiger partial charge in [0, 0.05) is 12.4 Å². The van der Waals surface area contributed by atoms with E-state index in [1.807, 2.05) is 13.8 Å². The van der Waals surface area contributed by atoms with Crippen molar-refractivity contribution in [3.63, 3.8) is 0 Å². The second kappa shape index (κ2) is 6.00. The summed E-state index contributed by atoms with van der Waals surface area (Å²) in [6, 6.07) is 0.806. The average molecular weight is 251 g/mol. The molecule has 1 atom stereocenters. The zero-order valence-electron chi connectivity index (χ0n) is 10.6. The molecular formula is C12H17N3O3. The molecule has 1 aromatic rings. The Bertz CT molecular complexity index is 446. The number of aromatic nitrogens is 1. The Morgan fingerprint density at radius 1 is 1.39 bits per heavy atom. The molecule has 1 unspecified atom stereocenters. The summed E-state index contributed by atoms with van der Waals surface area (Å²) in [5.74, 6) is -0.954. The number of carbonyl (C=O) groups excluding carboxylic acids is 2. The average Bonchev–Trinajstić information content (AvgIpc) is 2.34. The van der Waals surface area contributed by atoms with Gasteiger partial charge in [-0.1, -0.05) is 13.8 Å². The van der Waals surface area contributed by atoms with Crippen LogP contribution >= 0.6 is 0 Å². The zero-order valence-corrected chi connectivity index (χ0v) is 10.6. The molecule has 98 valence electrons. The van der Waals surface area contributed by atoms with Crippen LogP contribution in [0.4, 0.5) is 5.69 Å². The van der Waals surface area contributed by atoms with Crippen molar-refractivity contribution in [1.29, 1.82) is 0 Å². The minimum Gasteiger partial charge on any atom is -0.467 e. The lowest BCUT2D eigenvalue weighted by Gasteiger charge is -2.19. The maximum absolute atomic E-state index is 11.9. The molecule has 1 amide bonds. The minimum atomic E-state index is -0.691. The number of pyridine rings is 1. The first-order valence-electron chi connectivity index (χ1n) is 5.55. The van der Waals surface area contributed by atoms with Crippen LogP contribution in [0, 0.1) is 5.92 Å². The van der Waals surface area contributed by atoms with Crippen LogP contribution < -0.4 is 11.1 Å². The van der Waals surface area contributed by atoms with Gasteiger partial charge in [-0.05, 0) is 12.0 Å². The SMILES string of the molecule is COC(=O)C(NC(=O)c1cncc(N)c1)C(C)C. The summed E-state index contributed by atoms with van der Waals surface area (Å²) in [4.78, 5) is 27.2. The third kappa shape index (κ3) is 3.44. The number of anilines is 1. The van der Waals surface area contributed by atoms with Gasteiger partial charge >= 0.3 is 5.97 Å². The summed E-state index contributed by atoms with van der Waals surface area (Å²) in [6.45, 7) is 3.64. The molecule has 0 aliphatic rings. The number of carbonyl (C=O) groups is 2. The number of hydrogen-bond acceptors (Lipinski definition) is 5. The second-order valence-electron chi connectivity index (χ2n) is 4.23. The lowest BCUT2D eigenvalue weighted by atomic mass is 10.0. The Balaban J connectivity index is 2.82. The molecule has 1 aromatic heterocycles. The van der Waals surface area contributed by atoms with Crippen LogP contribution in [0.15, 0.2) is 18.5 Å². The molecule has 1 rings (SSSR count). The molecule has 0 saturated carbocycles. The first kappa shape index (κ1) is 14.0. The predicted molar refractivity (Wildman–Crippen MR) is 66.8 cm³/mol. The molecule has 1 heterocycles. The standard InChI is InChI=1S/C12H17N3O3/c1-7(2)10(12(17)18-3)15-11(16)8-4-9(13)6-14-5-8/h4-7,10H,13H2,1-3H3,(H,15,16). The second-order valence-corrected chi connectivity index (χ2v) is 4.23. The fourth-order valence-electron chi connectivity index (χ4n) is 1.43. The molecule has 0 fully saturated rings. The highest BCUT2D eigenvalue weighted by atomic mass is 16.5. The van der Waals surface area contributed by atoms with Gasteiger partial charge in [0.2, 0.25) is 0 Å². The summed E-state index contributed by atoms with van der Waals surface area (Å²) in [5, 5.41) is 2.60. The Morgan fingerprint density at radius 3 is 2.56 bits per heavy atom. The molecule has 0 aliphatic carbocycles. The Labute approximate surface area is 106 Å². The minimum absolute atomic E-state index is 0.0737. The van der Waals surface area contributed by atoms with E-state index < -0.39 is 17.9 Å². The molecule has 0 aliphatic heterocycles. The number of rotatable bonds is 4. The number of nitrogens with two attached hydrogens (primary N) is 1. The van der Waals surface area contributed by atoms with E-state index in [1.54, 1.807) is 0 Å². The first-order valence-corrected chi connectivity index (χ1v) is 5.55. The van der Waals surface area contributed by atoms with E-state index in [0.717, 1.165) is 0 Å². The molecule has 6 nitrogen and oxygen atoms in total. The van der Waals surface area contributed by atoms with Gasteiger partial charge in [0.25, 0.3) is 5.91 Å². The van der Waals surface area contributed by atoms with E-state index >= 15 is 0 Å². The summed E-state index contributed by atoms with van der Waals surface area (Å²) in [7, 11) is 1.28. The molecular weight excluding hydrogens is 234 g/mol. The number of methoxy groups -OCH3 is 1. The van der Waals surface area contributed by atoms with Crippen molar-refractivity contribution in [2.45, 2.75) is 19.9 Å². The first-order chi connectivity index (χ1) is 8.45. The van der Waals surface area contributed by atoms with Crippen LogP contribution in [0.5, 0.6) is 0 Å². The van der Waals surface area contributed by atoms with Crippen LogP contribution in [-0.4, -0.2) is 30.0 Å². The van der Waals surface area contributed by atoms with Crippen LogP contribution in [0.1, 0.15) is 24.2 Å². The highest BCUT2D eigenvalue weighted by Gasteiger charge is 2.25. The lowest BCUT2D eigenvalue weighted by Crippen LogP contribution is -2.45. The van der Waals surface area contributed by atoms with E-state index in [9.17, 15) is 9.59 Å².